The number of sulfonamides is 1. The molecule has 1 atom stereocenters. The maximum atomic E-state index is 13.9. The van der Waals surface area contributed by atoms with Crippen LogP contribution in [0.3, 0.4) is 0 Å². The van der Waals surface area contributed by atoms with Gasteiger partial charge in [0.2, 0.25) is 10.0 Å². The van der Waals surface area contributed by atoms with Crippen LogP contribution in [0.5, 0.6) is 5.75 Å². The SMILES string of the molecule is CNC(=O)c1c(-c2ccc(F)cc2)oc2cc(N(C)S(C)(=O)=O)c(-c3ccc4c(c3)-c3cc5ccccc5n3CC(NCCN(C)C)CO4)cc12. The van der Waals surface area contributed by atoms with Gasteiger partial charge in [-0.2, -0.15) is 0 Å². The smallest absolute Gasteiger partial charge is 0.255 e. The summed E-state index contributed by atoms with van der Waals surface area (Å²) in [7, 11) is 3.40. The van der Waals surface area contributed by atoms with Crippen LogP contribution < -0.4 is 19.7 Å². The highest BCUT2D eigenvalue weighted by Gasteiger charge is 2.28. The minimum atomic E-state index is -3.72. The van der Waals surface area contributed by atoms with E-state index in [0.717, 1.165) is 47.1 Å². The summed E-state index contributed by atoms with van der Waals surface area (Å²) >= 11 is 0. The molecule has 4 aromatic carbocycles. The Labute approximate surface area is 296 Å². The number of amides is 1. The molecular formula is C39H40FN5O5S. The van der Waals surface area contributed by atoms with Gasteiger partial charge in [0.15, 0.2) is 0 Å². The average molecular weight is 710 g/mol. The number of carbonyl (C=O) groups excluding carboxylic acids is 1. The van der Waals surface area contributed by atoms with Gasteiger partial charge in [-0.3, -0.25) is 9.10 Å². The monoisotopic (exact) mass is 709 g/mol. The molecule has 0 saturated heterocycles. The summed E-state index contributed by atoms with van der Waals surface area (Å²) in [5.41, 5.74) is 5.66. The van der Waals surface area contributed by atoms with Crippen LogP contribution in [-0.4, -0.2) is 84.0 Å². The first-order chi connectivity index (χ1) is 24.4. The van der Waals surface area contributed by atoms with Gasteiger partial charge in [-0.1, -0.05) is 24.3 Å². The van der Waals surface area contributed by atoms with Crippen molar-refractivity contribution in [1.82, 2.24) is 20.1 Å². The van der Waals surface area contributed by atoms with E-state index in [9.17, 15) is 17.6 Å². The zero-order valence-corrected chi connectivity index (χ0v) is 30.0. The number of ether oxygens (including phenoxy) is 1. The van der Waals surface area contributed by atoms with Crippen molar-refractivity contribution < 1.29 is 26.8 Å². The molecule has 12 heteroatoms. The van der Waals surface area contributed by atoms with Gasteiger partial charge < -0.3 is 29.3 Å². The highest BCUT2D eigenvalue weighted by molar-refractivity contribution is 7.92. The lowest BCUT2D eigenvalue weighted by Gasteiger charge is -2.27. The Morgan fingerprint density at radius 1 is 0.961 bits per heavy atom. The van der Waals surface area contributed by atoms with Gasteiger partial charge in [0.1, 0.15) is 29.5 Å². The van der Waals surface area contributed by atoms with Crippen molar-refractivity contribution in [1.29, 1.82) is 0 Å². The number of rotatable bonds is 9. The fourth-order valence-corrected chi connectivity index (χ4v) is 7.20. The summed E-state index contributed by atoms with van der Waals surface area (Å²) in [5.74, 6) is 0.134. The molecule has 2 aromatic heterocycles. The number of likely N-dealkylation sites (N-methyl/N-ethyl adjacent to an activating group) is 1. The highest BCUT2D eigenvalue weighted by Crippen LogP contribution is 2.44. The standard InChI is InChI=1S/C39H40FN5O5S/c1-41-39(46)37-31-20-29(33(44(4)51(5,47)48)21-36(31)50-38(37)24-10-13-27(40)14-11-24)25-12-15-35-30(18-25)34-19-26-8-6-7-9-32(26)45(34)22-28(23-49-35)42-16-17-43(2)3/h6-15,18-21,28,42H,16-17,22-23H2,1-5H3,(H,41,46). The van der Waals surface area contributed by atoms with Crippen LogP contribution in [0.1, 0.15) is 10.4 Å². The predicted octanol–water partition coefficient (Wildman–Crippen LogP) is 6.20. The fraction of sp³-hybridized carbons (Fsp3) is 0.256. The average Bonchev–Trinajstić information content (AvgIpc) is 3.66. The Bertz CT molecular complexity index is 2380. The molecule has 0 radical (unpaired) electrons. The number of hydrogen-bond acceptors (Lipinski definition) is 7. The summed E-state index contributed by atoms with van der Waals surface area (Å²) in [4.78, 5) is 15.5. The number of carbonyl (C=O) groups is 1. The lowest BCUT2D eigenvalue weighted by atomic mass is 9.96. The Kier molecular flexibility index (Phi) is 9.09. The second-order valence-corrected chi connectivity index (χ2v) is 15.2. The molecular weight excluding hydrogens is 670 g/mol. The molecule has 3 heterocycles. The number of furan rings is 1. The first kappa shape index (κ1) is 34.3. The summed E-state index contributed by atoms with van der Waals surface area (Å²) in [5, 5.41) is 7.94. The molecule has 1 aliphatic heterocycles. The minimum Gasteiger partial charge on any atom is -0.491 e. The van der Waals surface area contributed by atoms with E-state index < -0.39 is 21.7 Å². The summed E-state index contributed by atoms with van der Waals surface area (Å²) in [6, 6.07) is 25.4. The first-order valence-corrected chi connectivity index (χ1v) is 18.5. The Hall–Kier alpha value is -5.17. The van der Waals surface area contributed by atoms with Gasteiger partial charge in [-0.25, -0.2) is 12.8 Å². The van der Waals surface area contributed by atoms with E-state index >= 15 is 0 Å². The van der Waals surface area contributed by atoms with Crippen molar-refractivity contribution in [3.8, 4) is 39.5 Å². The lowest BCUT2D eigenvalue weighted by Crippen LogP contribution is -2.42. The number of aromatic nitrogens is 1. The van der Waals surface area contributed by atoms with E-state index in [1.165, 1.54) is 30.5 Å². The number of hydrogen-bond donors (Lipinski definition) is 2. The van der Waals surface area contributed by atoms with Crippen LogP contribution >= 0.6 is 0 Å². The largest absolute Gasteiger partial charge is 0.491 e. The Morgan fingerprint density at radius 3 is 2.43 bits per heavy atom. The molecule has 0 saturated carbocycles. The second-order valence-electron chi connectivity index (χ2n) is 13.2. The molecule has 7 rings (SSSR count). The molecule has 51 heavy (non-hydrogen) atoms. The number of fused-ring (bicyclic) bond motifs is 6. The topological polar surface area (TPSA) is 109 Å². The van der Waals surface area contributed by atoms with Crippen LogP contribution in [-0.2, 0) is 16.6 Å². The summed E-state index contributed by atoms with van der Waals surface area (Å²) in [6.45, 7) is 2.85. The highest BCUT2D eigenvalue weighted by atomic mass is 32.2. The first-order valence-electron chi connectivity index (χ1n) is 16.7. The molecule has 1 aliphatic rings. The molecule has 1 unspecified atom stereocenters. The van der Waals surface area contributed by atoms with Crippen molar-refractivity contribution in [3.05, 3.63) is 96.3 Å². The van der Waals surface area contributed by atoms with Crippen molar-refractivity contribution in [2.75, 3.05) is 58.4 Å². The van der Waals surface area contributed by atoms with Gasteiger partial charge in [0, 0.05) is 72.8 Å². The normalized spacial score (nSPS) is 14.5. The lowest BCUT2D eigenvalue weighted by molar-refractivity contribution is 0.0964. The van der Waals surface area contributed by atoms with Crippen LogP contribution in [0.25, 0.3) is 55.6 Å². The van der Waals surface area contributed by atoms with Crippen LogP contribution in [0, 0.1) is 5.82 Å². The fourth-order valence-electron chi connectivity index (χ4n) is 6.69. The van der Waals surface area contributed by atoms with E-state index in [-0.39, 0.29) is 17.4 Å². The van der Waals surface area contributed by atoms with E-state index in [0.29, 0.717) is 46.7 Å². The third-order valence-corrected chi connectivity index (χ3v) is 10.6. The predicted molar refractivity (Wildman–Crippen MR) is 200 cm³/mol. The van der Waals surface area contributed by atoms with Crippen LogP contribution in [0.4, 0.5) is 10.1 Å². The van der Waals surface area contributed by atoms with E-state index in [1.54, 1.807) is 24.3 Å². The molecule has 2 N–H and O–H groups in total. The summed E-state index contributed by atoms with van der Waals surface area (Å²) < 4.78 is 56.1. The minimum absolute atomic E-state index is 0.0595. The zero-order chi connectivity index (χ0) is 36.0. The quantitative estimate of drug-likeness (QED) is 0.184. The molecule has 264 valence electrons. The van der Waals surface area contributed by atoms with Gasteiger partial charge in [0.25, 0.3) is 5.91 Å². The molecule has 0 aliphatic carbocycles. The van der Waals surface area contributed by atoms with E-state index in [4.69, 9.17) is 9.15 Å². The number of para-hydroxylation sites is 1. The van der Waals surface area contributed by atoms with Crippen molar-refractivity contribution >= 4 is 43.5 Å². The molecule has 0 spiro atoms. The van der Waals surface area contributed by atoms with Crippen molar-refractivity contribution in [2.45, 2.75) is 12.6 Å². The van der Waals surface area contributed by atoms with E-state index in [2.05, 4.69) is 52.4 Å². The number of anilines is 1. The van der Waals surface area contributed by atoms with Crippen LogP contribution in [0.2, 0.25) is 0 Å². The number of halogens is 1. The maximum Gasteiger partial charge on any atom is 0.255 e. The molecule has 0 fully saturated rings. The van der Waals surface area contributed by atoms with Crippen molar-refractivity contribution in [3.63, 3.8) is 0 Å². The molecule has 6 aromatic rings. The van der Waals surface area contributed by atoms with Gasteiger partial charge in [-0.05, 0) is 74.3 Å². The maximum absolute atomic E-state index is 13.9. The second kappa shape index (κ2) is 13.5. The van der Waals surface area contributed by atoms with Gasteiger partial charge >= 0.3 is 0 Å². The van der Waals surface area contributed by atoms with Crippen LogP contribution in [0.15, 0.2) is 89.3 Å². The molecule has 1 amide bonds. The number of nitrogens with one attached hydrogen (secondary N) is 2. The number of benzene rings is 4. The van der Waals surface area contributed by atoms with Crippen molar-refractivity contribution in [2.24, 2.45) is 0 Å². The third kappa shape index (κ3) is 6.58. The van der Waals surface area contributed by atoms with E-state index in [1.807, 2.05) is 30.3 Å². The zero-order valence-electron chi connectivity index (χ0n) is 29.2. The third-order valence-electron chi connectivity index (χ3n) is 9.42. The van der Waals surface area contributed by atoms with Gasteiger partial charge in [0.05, 0.1) is 29.2 Å². The Morgan fingerprint density at radius 2 is 1.71 bits per heavy atom. The molecule has 10 nitrogen and oxygen atoms in total. The Balaban J connectivity index is 1.43. The molecule has 0 bridgehead atoms. The van der Waals surface area contributed by atoms with Gasteiger partial charge in [-0.15, -0.1) is 0 Å². The number of nitrogens with zero attached hydrogens (tertiary/aromatic N) is 3. The summed E-state index contributed by atoms with van der Waals surface area (Å²) in [6.07, 6.45) is 1.14.